The first-order valence-electron chi connectivity index (χ1n) is 5.99. The molecule has 0 saturated carbocycles. The highest BCUT2D eigenvalue weighted by Gasteiger charge is 1.97. The number of esters is 2. The van der Waals surface area contributed by atoms with Crippen LogP contribution in [0, 0.1) is 0 Å². The van der Waals surface area contributed by atoms with Gasteiger partial charge in [0.05, 0.1) is 13.2 Å². The minimum absolute atomic E-state index is 0.169. The highest BCUT2D eigenvalue weighted by Crippen LogP contribution is 2.13. The molecule has 0 heterocycles. The summed E-state index contributed by atoms with van der Waals surface area (Å²) in [6.45, 7) is 3.98. The number of rotatable bonds is 4. The van der Waals surface area contributed by atoms with E-state index in [1.807, 2.05) is 0 Å². The van der Waals surface area contributed by atoms with Gasteiger partial charge in [0.1, 0.15) is 11.5 Å². The number of carbonyl (C=O) groups is 2. The van der Waals surface area contributed by atoms with E-state index in [4.69, 9.17) is 10.2 Å². The summed E-state index contributed by atoms with van der Waals surface area (Å²) < 4.78 is 9.07. The Balaban J connectivity index is 0.000000388. The van der Waals surface area contributed by atoms with Crippen molar-refractivity contribution in [3.05, 3.63) is 36.4 Å². The summed E-state index contributed by atoms with van der Waals surface area (Å²) in [4.78, 5) is 21.3. The van der Waals surface area contributed by atoms with Crippen LogP contribution in [0.3, 0.4) is 0 Å². The Bertz CT molecular complexity index is 394. The summed E-state index contributed by atoms with van der Waals surface area (Å²) in [5.41, 5.74) is 0. The molecule has 0 atom stereocenters. The van der Waals surface area contributed by atoms with Gasteiger partial charge >= 0.3 is 11.9 Å². The van der Waals surface area contributed by atoms with Crippen LogP contribution in [-0.2, 0) is 19.1 Å². The Morgan fingerprint density at radius 1 is 0.900 bits per heavy atom. The molecule has 1 aromatic carbocycles. The predicted octanol–water partition coefficient (Wildman–Crippen LogP) is 1.77. The number of phenolic OH excluding ortho intramolecular Hbond substituents is 2. The topological polar surface area (TPSA) is 93.1 Å². The lowest BCUT2D eigenvalue weighted by Gasteiger charge is -1.95. The minimum atomic E-state index is -0.537. The molecule has 1 rings (SSSR count). The molecule has 0 aliphatic rings. The van der Waals surface area contributed by atoms with E-state index in [0.717, 1.165) is 12.2 Å². The van der Waals surface area contributed by atoms with E-state index >= 15 is 0 Å². The molecule has 0 aromatic heterocycles. The van der Waals surface area contributed by atoms with Gasteiger partial charge in [0.25, 0.3) is 0 Å². The zero-order valence-corrected chi connectivity index (χ0v) is 11.4. The molecule has 0 bridgehead atoms. The third-order valence-corrected chi connectivity index (χ3v) is 1.78. The van der Waals surface area contributed by atoms with Crippen LogP contribution in [0.5, 0.6) is 11.5 Å². The van der Waals surface area contributed by atoms with Crippen molar-refractivity contribution < 1.29 is 29.3 Å². The summed E-state index contributed by atoms with van der Waals surface area (Å²) in [6.07, 6.45) is 2.09. The minimum Gasteiger partial charge on any atom is -0.508 e. The molecule has 0 saturated heterocycles. The van der Waals surface area contributed by atoms with Crippen LogP contribution in [0.4, 0.5) is 0 Å². The summed E-state index contributed by atoms with van der Waals surface area (Å²) in [7, 11) is 0. The van der Waals surface area contributed by atoms with E-state index in [1.165, 1.54) is 24.3 Å². The van der Waals surface area contributed by atoms with Crippen molar-refractivity contribution in [2.24, 2.45) is 0 Å². The molecule has 6 heteroatoms. The normalized spacial score (nSPS) is 9.50. The van der Waals surface area contributed by atoms with Gasteiger partial charge < -0.3 is 19.7 Å². The number of hydrogen-bond acceptors (Lipinski definition) is 6. The average Bonchev–Trinajstić information content (AvgIpc) is 2.41. The molecule has 0 unspecified atom stereocenters. The SMILES string of the molecule is CCOC(=O)/C=C\C(=O)OCC.Oc1ccc(O)cc1. The van der Waals surface area contributed by atoms with Crippen LogP contribution >= 0.6 is 0 Å². The van der Waals surface area contributed by atoms with Gasteiger partial charge in [0.15, 0.2) is 0 Å². The first-order chi connectivity index (χ1) is 9.49. The molecule has 1 aromatic rings. The largest absolute Gasteiger partial charge is 0.508 e. The predicted molar refractivity (Wildman–Crippen MR) is 72.2 cm³/mol. The second-order valence-electron chi connectivity index (χ2n) is 3.35. The lowest BCUT2D eigenvalue weighted by atomic mass is 10.3. The van der Waals surface area contributed by atoms with Gasteiger partial charge in [-0.3, -0.25) is 0 Å². The zero-order chi connectivity index (χ0) is 15.4. The van der Waals surface area contributed by atoms with Crippen molar-refractivity contribution >= 4 is 11.9 Å². The van der Waals surface area contributed by atoms with E-state index in [9.17, 15) is 9.59 Å². The third kappa shape index (κ3) is 9.52. The van der Waals surface area contributed by atoms with E-state index in [-0.39, 0.29) is 11.5 Å². The van der Waals surface area contributed by atoms with Gasteiger partial charge in [-0.05, 0) is 38.1 Å². The van der Waals surface area contributed by atoms with Gasteiger partial charge in [-0.2, -0.15) is 0 Å². The second-order valence-corrected chi connectivity index (χ2v) is 3.35. The fourth-order valence-corrected chi connectivity index (χ4v) is 0.969. The lowest BCUT2D eigenvalue weighted by molar-refractivity contribution is -0.140. The number of carbonyl (C=O) groups excluding carboxylic acids is 2. The Kier molecular flexibility index (Phi) is 9.12. The standard InChI is InChI=1S/C8H12O4.C6H6O2/c1-3-11-7(9)5-6-8(10)12-4-2;7-5-1-2-6(8)4-3-5/h5-6H,3-4H2,1-2H3;1-4,7-8H/b6-5-;. The van der Waals surface area contributed by atoms with Crippen molar-refractivity contribution in [1.82, 2.24) is 0 Å². The first kappa shape index (κ1) is 17.5. The molecule has 110 valence electrons. The fraction of sp³-hybridized carbons (Fsp3) is 0.286. The van der Waals surface area contributed by atoms with Crippen LogP contribution in [0.15, 0.2) is 36.4 Å². The average molecular weight is 282 g/mol. The van der Waals surface area contributed by atoms with Gasteiger partial charge in [-0.1, -0.05) is 0 Å². The molecule has 0 spiro atoms. The number of ether oxygens (including phenoxy) is 2. The molecule has 2 N–H and O–H groups in total. The molecule has 6 nitrogen and oxygen atoms in total. The van der Waals surface area contributed by atoms with Crippen LogP contribution in [0.25, 0.3) is 0 Å². The summed E-state index contributed by atoms with van der Waals surface area (Å²) in [5.74, 6) is -0.735. The van der Waals surface area contributed by atoms with Crippen molar-refractivity contribution in [2.45, 2.75) is 13.8 Å². The molecule has 0 radical (unpaired) electrons. The maximum absolute atomic E-state index is 10.6. The first-order valence-corrected chi connectivity index (χ1v) is 5.99. The second kappa shape index (κ2) is 10.4. The lowest BCUT2D eigenvalue weighted by Crippen LogP contribution is -2.03. The maximum atomic E-state index is 10.6. The van der Waals surface area contributed by atoms with Crippen molar-refractivity contribution in [3.8, 4) is 11.5 Å². The van der Waals surface area contributed by atoms with Crippen LogP contribution < -0.4 is 0 Å². The highest BCUT2D eigenvalue weighted by molar-refractivity contribution is 5.91. The van der Waals surface area contributed by atoms with E-state index in [0.29, 0.717) is 13.2 Å². The Morgan fingerprint density at radius 2 is 1.20 bits per heavy atom. The Morgan fingerprint density at radius 3 is 1.45 bits per heavy atom. The van der Waals surface area contributed by atoms with Crippen LogP contribution in [0.1, 0.15) is 13.8 Å². The highest BCUT2D eigenvalue weighted by atomic mass is 16.5. The van der Waals surface area contributed by atoms with Crippen molar-refractivity contribution in [3.63, 3.8) is 0 Å². The fourth-order valence-electron chi connectivity index (χ4n) is 0.969. The Labute approximate surface area is 117 Å². The van der Waals surface area contributed by atoms with Crippen LogP contribution in [0.2, 0.25) is 0 Å². The van der Waals surface area contributed by atoms with Crippen molar-refractivity contribution in [2.75, 3.05) is 13.2 Å². The van der Waals surface area contributed by atoms with Crippen molar-refractivity contribution in [1.29, 1.82) is 0 Å². The summed E-state index contributed by atoms with van der Waals surface area (Å²) in [5, 5.41) is 17.3. The zero-order valence-electron chi connectivity index (χ0n) is 11.4. The maximum Gasteiger partial charge on any atom is 0.330 e. The van der Waals surface area contributed by atoms with E-state index < -0.39 is 11.9 Å². The number of phenols is 2. The molecular weight excluding hydrogens is 264 g/mol. The quantitative estimate of drug-likeness (QED) is 0.496. The molecule has 0 aliphatic heterocycles. The Hall–Kier alpha value is -2.50. The third-order valence-electron chi connectivity index (χ3n) is 1.78. The number of aromatic hydroxyl groups is 2. The van der Waals surface area contributed by atoms with Gasteiger partial charge in [0.2, 0.25) is 0 Å². The molecule has 20 heavy (non-hydrogen) atoms. The van der Waals surface area contributed by atoms with Gasteiger partial charge in [-0.15, -0.1) is 0 Å². The summed E-state index contributed by atoms with van der Waals surface area (Å²) >= 11 is 0. The number of hydrogen-bond donors (Lipinski definition) is 2. The van der Waals surface area contributed by atoms with E-state index in [1.54, 1.807) is 13.8 Å². The number of benzene rings is 1. The molecular formula is C14H18O6. The molecule has 0 aliphatic carbocycles. The monoisotopic (exact) mass is 282 g/mol. The van der Waals surface area contributed by atoms with Gasteiger partial charge in [-0.25, -0.2) is 9.59 Å². The molecule has 0 amide bonds. The van der Waals surface area contributed by atoms with Gasteiger partial charge in [0, 0.05) is 12.2 Å². The summed E-state index contributed by atoms with van der Waals surface area (Å²) in [6, 6.07) is 5.70. The van der Waals surface area contributed by atoms with Crippen LogP contribution in [-0.4, -0.2) is 35.4 Å². The van der Waals surface area contributed by atoms with E-state index in [2.05, 4.69) is 9.47 Å². The smallest absolute Gasteiger partial charge is 0.330 e. The molecule has 0 fully saturated rings.